The lowest BCUT2D eigenvalue weighted by Crippen LogP contribution is -2.44. The number of carboxylic acids is 1. The van der Waals surface area contributed by atoms with Gasteiger partial charge in [0.05, 0.1) is 12.0 Å². The minimum Gasteiger partial charge on any atom is -0.481 e. The molecule has 0 radical (unpaired) electrons. The number of carboxylic acid groups (broad SMARTS) is 1. The lowest BCUT2D eigenvalue weighted by atomic mass is 9.82. The van der Waals surface area contributed by atoms with Crippen molar-refractivity contribution >= 4 is 23.5 Å². The molecule has 1 heterocycles. The molecule has 1 saturated carbocycles. The Labute approximate surface area is 213 Å². The molecule has 0 saturated heterocycles. The lowest BCUT2D eigenvalue weighted by Gasteiger charge is -2.29. The summed E-state index contributed by atoms with van der Waals surface area (Å²) in [6.45, 7) is 1.57. The predicted molar refractivity (Wildman–Crippen MR) is 133 cm³/mol. The van der Waals surface area contributed by atoms with Crippen molar-refractivity contribution in [2.45, 2.75) is 44.6 Å². The molecule has 1 aliphatic carbocycles. The first kappa shape index (κ1) is 25.9. The van der Waals surface area contributed by atoms with E-state index in [4.69, 9.17) is 20.8 Å². The summed E-state index contributed by atoms with van der Waals surface area (Å²) in [5, 5.41) is 13.2. The van der Waals surface area contributed by atoms with Gasteiger partial charge in [0.1, 0.15) is 12.1 Å². The molecule has 2 atom stereocenters. The van der Waals surface area contributed by atoms with Crippen molar-refractivity contribution in [2.75, 3.05) is 13.7 Å². The molecule has 1 amide bonds. The number of hydrogen-bond donors (Lipinski definition) is 2. The molecule has 1 fully saturated rings. The molecule has 0 aliphatic heterocycles. The SMILES string of the molecule is COC[C@](C)(C[C@@H](Cc1ccc(-c2cc(Cl)ccc2F)cc1)NC(=O)c1coc(C2CC2)n1)C(=O)O. The van der Waals surface area contributed by atoms with Crippen LogP contribution in [0.15, 0.2) is 53.1 Å². The number of nitrogens with one attached hydrogen (secondary N) is 1. The van der Waals surface area contributed by atoms with Crippen LogP contribution in [-0.4, -0.2) is 41.7 Å². The van der Waals surface area contributed by atoms with Gasteiger partial charge in [0.15, 0.2) is 11.6 Å². The van der Waals surface area contributed by atoms with Gasteiger partial charge in [-0.05, 0) is 61.9 Å². The zero-order chi connectivity index (χ0) is 25.9. The van der Waals surface area contributed by atoms with E-state index in [1.54, 1.807) is 25.1 Å². The number of carbonyl (C=O) groups excluding carboxylic acids is 1. The number of aliphatic carboxylic acids is 1. The first-order valence-corrected chi connectivity index (χ1v) is 12.1. The number of rotatable bonds is 11. The minimum atomic E-state index is -1.22. The van der Waals surface area contributed by atoms with Crippen molar-refractivity contribution in [3.63, 3.8) is 0 Å². The van der Waals surface area contributed by atoms with Gasteiger partial charge in [-0.1, -0.05) is 35.9 Å². The molecule has 190 valence electrons. The number of ether oxygens (including phenoxy) is 1. The highest BCUT2D eigenvalue weighted by molar-refractivity contribution is 6.30. The number of amides is 1. The van der Waals surface area contributed by atoms with Crippen LogP contribution in [0.3, 0.4) is 0 Å². The van der Waals surface area contributed by atoms with Crippen molar-refractivity contribution in [3.8, 4) is 11.1 Å². The zero-order valence-electron chi connectivity index (χ0n) is 20.1. The van der Waals surface area contributed by atoms with Crippen molar-refractivity contribution in [2.24, 2.45) is 5.41 Å². The van der Waals surface area contributed by atoms with Gasteiger partial charge in [0.25, 0.3) is 5.91 Å². The van der Waals surface area contributed by atoms with Crippen molar-refractivity contribution in [1.82, 2.24) is 10.3 Å². The Morgan fingerprint density at radius 2 is 2.00 bits per heavy atom. The fourth-order valence-corrected chi connectivity index (χ4v) is 4.41. The fourth-order valence-electron chi connectivity index (χ4n) is 4.24. The Hall–Kier alpha value is -3.23. The Bertz CT molecular complexity index is 1240. The van der Waals surface area contributed by atoms with Crippen LogP contribution in [0.1, 0.15) is 54.0 Å². The quantitative estimate of drug-likeness (QED) is 0.351. The van der Waals surface area contributed by atoms with E-state index in [-0.39, 0.29) is 30.5 Å². The standard InChI is InChI=1S/C27H28ClFN2O5/c1-27(15-35-2,26(33)34)13-20(30-24(32)23-14-36-25(31-23)18-7-8-18)11-16-3-5-17(6-4-16)21-12-19(28)9-10-22(21)29/h3-6,9-10,12,14,18,20H,7-8,11,13,15H2,1-2H3,(H,30,32)(H,33,34)/t20-,27+/m1/s1. The molecule has 4 rings (SSSR count). The van der Waals surface area contributed by atoms with Crippen molar-refractivity contribution in [3.05, 3.63) is 76.7 Å². The first-order valence-electron chi connectivity index (χ1n) is 11.7. The fraction of sp³-hybridized carbons (Fsp3) is 0.370. The second kappa shape index (κ2) is 10.8. The lowest BCUT2D eigenvalue weighted by molar-refractivity contribution is -0.152. The van der Waals surface area contributed by atoms with Gasteiger partial charge < -0.3 is 19.6 Å². The minimum absolute atomic E-state index is 0.0164. The summed E-state index contributed by atoms with van der Waals surface area (Å²) in [6, 6.07) is 11.0. The van der Waals surface area contributed by atoms with Gasteiger partial charge in [-0.25, -0.2) is 9.37 Å². The second-order valence-electron chi connectivity index (χ2n) is 9.54. The molecule has 9 heteroatoms. The number of aromatic nitrogens is 1. The number of carbonyl (C=O) groups is 2. The third kappa shape index (κ3) is 6.12. The van der Waals surface area contributed by atoms with E-state index >= 15 is 0 Å². The Balaban J connectivity index is 1.54. The van der Waals surface area contributed by atoms with E-state index in [9.17, 15) is 19.1 Å². The van der Waals surface area contributed by atoms with Crippen LogP contribution in [0.5, 0.6) is 0 Å². The van der Waals surface area contributed by atoms with Crippen molar-refractivity contribution < 1.29 is 28.2 Å². The average molecular weight is 515 g/mol. The highest BCUT2D eigenvalue weighted by atomic mass is 35.5. The molecule has 2 N–H and O–H groups in total. The Morgan fingerprint density at radius 3 is 2.64 bits per heavy atom. The van der Waals surface area contributed by atoms with Crippen LogP contribution in [0.4, 0.5) is 4.39 Å². The van der Waals surface area contributed by atoms with Crippen molar-refractivity contribution in [1.29, 1.82) is 0 Å². The zero-order valence-corrected chi connectivity index (χ0v) is 20.8. The maximum atomic E-state index is 14.3. The van der Waals surface area contributed by atoms with Crippen LogP contribution in [0, 0.1) is 11.2 Å². The number of methoxy groups -OCH3 is 1. The number of nitrogens with zero attached hydrogens (tertiary/aromatic N) is 1. The molecular formula is C27H28ClFN2O5. The molecule has 36 heavy (non-hydrogen) atoms. The number of hydrogen-bond acceptors (Lipinski definition) is 5. The van der Waals surface area contributed by atoms with Gasteiger partial charge in [-0.2, -0.15) is 0 Å². The molecule has 3 aromatic rings. The molecule has 0 bridgehead atoms. The Morgan fingerprint density at radius 1 is 1.28 bits per heavy atom. The average Bonchev–Trinajstić information content (AvgIpc) is 3.57. The van der Waals surface area contributed by atoms with E-state index in [0.29, 0.717) is 28.5 Å². The maximum absolute atomic E-state index is 14.3. The van der Waals surface area contributed by atoms with E-state index in [1.807, 2.05) is 12.1 Å². The summed E-state index contributed by atoms with van der Waals surface area (Å²) in [5.41, 5.74) is 0.826. The molecule has 7 nitrogen and oxygen atoms in total. The van der Waals surface area contributed by atoms with Gasteiger partial charge in [-0.15, -0.1) is 0 Å². The van der Waals surface area contributed by atoms with Gasteiger partial charge >= 0.3 is 5.97 Å². The molecule has 2 aromatic carbocycles. The highest BCUT2D eigenvalue weighted by Crippen LogP contribution is 2.39. The molecule has 1 aromatic heterocycles. The van der Waals surface area contributed by atoms with Crippen LogP contribution in [-0.2, 0) is 16.0 Å². The molecular weight excluding hydrogens is 487 g/mol. The number of benzene rings is 2. The van der Waals surface area contributed by atoms with Gasteiger partial charge in [0.2, 0.25) is 0 Å². The normalized spacial score (nSPS) is 15.8. The van der Waals surface area contributed by atoms with E-state index < -0.39 is 23.3 Å². The van der Waals surface area contributed by atoms with E-state index in [1.165, 1.54) is 25.5 Å². The smallest absolute Gasteiger partial charge is 0.311 e. The molecule has 0 spiro atoms. The maximum Gasteiger partial charge on any atom is 0.311 e. The molecule has 1 aliphatic rings. The van der Waals surface area contributed by atoms with Crippen LogP contribution in [0.2, 0.25) is 5.02 Å². The first-order chi connectivity index (χ1) is 17.2. The summed E-state index contributed by atoms with van der Waals surface area (Å²) >= 11 is 6.02. The summed E-state index contributed by atoms with van der Waals surface area (Å²) in [7, 11) is 1.44. The van der Waals surface area contributed by atoms with E-state index in [0.717, 1.165) is 18.4 Å². The predicted octanol–water partition coefficient (Wildman–Crippen LogP) is 5.48. The van der Waals surface area contributed by atoms with Gasteiger partial charge in [-0.3, -0.25) is 9.59 Å². The summed E-state index contributed by atoms with van der Waals surface area (Å²) in [6.07, 6.45) is 3.80. The summed E-state index contributed by atoms with van der Waals surface area (Å²) < 4.78 is 24.9. The molecule has 0 unspecified atom stereocenters. The highest BCUT2D eigenvalue weighted by Gasteiger charge is 2.37. The van der Waals surface area contributed by atoms with Crippen LogP contribution >= 0.6 is 11.6 Å². The van der Waals surface area contributed by atoms with Crippen LogP contribution in [0.25, 0.3) is 11.1 Å². The number of halogens is 2. The van der Waals surface area contributed by atoms with Gasteiger partial charge in [0, 0.05) is 29.7 Å². The summed E-state index contributed by atoms with van der Waals surface area (Å²) in [4.78, 5) is 29.3. The number of oxazole rings is 1. The third-order valence-corrected chi connectivity index (χ3v) is 6.60. The monoisotopic (exact) mass is 514 g/mol. The largest absolute Gasteiger partial charge is 0.481 e. The Kier molecular flexibility index (Phi) is 7.76. The second-order valence-corrected chi connectivity index (χ2v) is 9.98. The topological polar surface area (TPSA) is 102 Å². The van der Waals surface area contributed by atoms with E-state index in [2.05, 4.69) is 10.3 Å². The van der Waals surface area contributed by atoms with Crippen LogP contribution < -0.4 is 5.32 Å². The third-order valence-electron chi connectivity index (χ3n) is 6.37. The summed E-state index contributed by atoms with van der Waals surface area (Å²) in [5.74, 6) is -1.02.